The number of nitrogens with zero attached hydrogens (tertiary/aromatic N) is 3. The fraction of sp³-hybridized carbons (Fsp3) is 0.111. The van der Waals surface area contributed by atoms with Gasteiger partial charge in [0.1, 0.15) is 0 Å². The summed E-state index contributed by atoms with van der Waals surface area (Å²) in [4.78, 5) is 11.7. The molecule has 1 amide bonds. The number of anilines is 1. The molecule has 8 heteroatoms. The zero-order chi connectivity index (χ0) is 12.3. The Morgan fingerprint density at radius 3 is 2.76 bits per heavy atom. The molecule has 6 nitrogen and oxygen atoms in total. The minimum atomic E-state index is -0.311. The zero-order valence-electron chi connectivity index (χ0n) is 8.78. The van der Waals surface area contributed by atoms with Crippen molar-refractivity contribution in [3.63, 3.8) is 0 Å². The third-order valence-electron chi connectivity index (χ3n) is 1.87. The highest BCUT2D eigenvalue weighted by Crippen LogP contribution is 2.23. The normalized spacial score (nSPS) is 10.2. The van der Waals surface area contributed by atoms with Crippen molar-refractivity contribution >= 4 is 34.1 Å². The number of hydrogen-bond acceptors (Lipinski definition) is 6. The smallest absolute Gasteiger partial charge is 0.257 e. The summed E-state index contributed by atoms with van der Waals surface area (Å²) in [5.41, 5.74) is 0.401. The Labute approximate surface area is 105 Å². The Hall–Kier alpha value is -1.67. The van der Waals surface area contributed by atoms with Crippen molar-refractivity contribution in [3.05, 3.63) is 35.3 Å². The van der Waals surface area contributed by atoms with E-state index in [0.717, 1.165) is 4.34 Å². The van der Waals surface area contributed by atoms with E-state index < -0.39 is 0 Å². The van der Waals surface area contributed by atoms with E-state index in [1.807, 2.05) is 6.26 Å². The van der Waals surface area contributed by atoms with Gasteiger partial charge >= 0.3 is 0 Å². The molecule has 1 N–H and O–H groups in total. The maximum Gasteiger partial charge on any atom is 0.257 e. The number of amides is 1. The summed E-state index contributed by atoms with van der Waals surface area (Å²) in [6.07, 6.45) is 4.42. The van der Waals surface area contributed by atoms with Gasteiger partial charge in [-0.15, -0.1) is 10.2 Å². The Bertz CT molecular complexity index is 526. The van der Waals surface area contributed by atoms with Crippen molar-refractivity contribution in [2.75, 3.05) is 11.6 Å². The first-order chi connectivity index (χ1) is 8.19. The lowest BCUT2D eigenvalue weighted by Gasteiger charge is -2.00. The third kappa shape index (κ3) is 2.92. The van der Waals surface area contributed by atoms with E-state index in [9.17, 15) is 10.0 Å². The molecule has 0 atom stereocenters. The summed E-state index contributed by atoms with van der Waals surface area (Å²) >= 11 is 2.76. The number of nitrogens with one attached hydrogen (secondary N) is 1. The Balaban J connectivity index is 2.08. The van der Waals surface area contributed by atoms with Crippen LogP contribution in [0, 0.1) is 5.21 Å². The Morgan fingerprint density at radius 1 is 1.47 bits per heavy atom. The molecule has 0 aliphatic carbocycles. The van der Waals surface area contributed by atoms with Crippen LogP contribution in [0.25, 0.3) is 0 Å². The molecule has 2 aromatic rings. The maximum absolute atomic E-state index is 11.7. The number of hydrogen-bond donors (Lipinski definition) is 1. The molecule has 2 aromatic heterocycles. The second-order valence-corrected chi connectivity index (χ2v) is 5.01. The van der Waals surface area contributed by atoms with E-state index in [0.29, 0.717) is 15.4 Å². The molecule has 0 saturated heterocycles. The molecule has 88 valence electrons. The molecule has 17 heavy (non-hydrogen) atoms. The number of carbonyl (C=O) groups is 1. The predicted molar refractivity (Wildman–Crippen MR) is 65.0 cm³/mol. The van der Waals surface area contributed by atoms with Gasteiger partial charge in [-0.3, -0.25) is 10.1 Å². The first-order valence-corrected chi connectivity index (χ1v) is 6.61. The Kier molecular flexibility index (Phi) is 3.55. The van der Waals surface area contributed by atoms with Crippen molar-refractivity contribution in [3.8, 4) is 0 Å². The number of rotatable bonds is 3. The van der Waals surface area contributed by atoms with Crippen LogP contribution in [0.3, 0.4) is 0 Å². The summed E-state index contributed by atoms with van der Waals surface area (Å²) < 4.78 is 1.40. The van der Waals surface area contributed by atoms with Gasteiger partial charge in [-0.05, 0) is 6.26 Å². The summed E-state index contributed by atoms with van der Waals surface area (Å²) in [5, 5.41) is 21.5. The summed E-state index contributed by atoms with van der Waals surface area (Å²) in [6.45, 7) is 0. The largest absolute Gasteiger partial charge is 0.619 e. The molecule has 0 spiro atoms. The third-order valence-corrected chi connectivity index (χ3v) is 3.68. The lowest BCUT2D eigenvalue weighted by molar-refractivity contribution is -0.605. The summed E-state index contributed by atoms with van der Waals surface area (Å²) in [5.74, 6) is -0.311. The molecular weight excluding hydrogens is 260 g/mol. The number of pyridine rings is 1. The van der Waals surface area contributed by atoms with Crippen molar-refractivity contribution in [1.29, 1.82) is 0 Å². The molecular formula is C9H8N4O2S2. The molecule has 0 fully saturated rings. The van der Waals surface area contributed by atoms with Gasteiger partial charge in [0.15, 0.2) is 16.7 Å². The van der Waals surface area contributed by atoms with Crippen LogP contribution >= 0.6 is 23.1 Å². The van der Waals surface area contributed by atoms with Gasteiger partial charge in [-0.2, -0.15) is 4.73 Å². The molecule has 0 aromatic carbocycles. The minimum absolute atomic E-state index is 0.311. The first-order valence-electron chi connectivity index (χ1n) is 4.56. The Morgan fingerprint density at radius 2 is 2.18 bits per heavy atom. The number of aromatic nitrogens is 3. The van der Waals surface area contributed by atoms with E-state index >= 15 is 0 Å². The lowest BCUT2D eigenvalue weighted by atomic mass is 10.2. The van der Waals surface area contributed by atoms with Crippen LogP contribution in [0.2, 0.25) is 0 Å². The molecule has 0 aliphatic heterocycles. The fourth-order valence-corrected chi connectivity index (χ4v) is 2.24. The molecule has 0 unspecified atom stereocenters. The standard InChI is InChI=1S/C9H8N4O2S2/c1-16-9-12-11-8(17-9)10-7(14)6-2-4-13(15)5-3-6/h2-5H,1H3,(H,10,11,14). The average Bonchev–Trinajstić information content (AvgIpc) is 2.77. The van der Waals surface area contributed by atoms with Crippen molar-refractivity contribution < 1.29 is 9.52 Å². The van der Waals surface area contributed by atoms with Gasteiger partial charge in [-0.1, -0.05) is 23.1 Å². The lowest BCUT2D eigenvalue weighted by Crippen LogP contribution is -2.25. The topological polar surface area (TPSA) is 81.8 Å². The fourth-order valence-electron chi connectivity index (χ4n) is 1.08. The van der Waals surface area contributed by atoms with E-state index in [-0.39, 0.29) is 5.91 Å². The van der Waals surface area contributed by atoms with E-state index in [1.165, 1.54) is 47.6 Å². The quantitative estimate of drug-likeness (QED) is 0.391. The zero-order valence-corrected chi connectivity index (χ0v) is 10.4. The number of carbonyl (C=O) groups excluding carboxylic acids is 1. The van der Waals surface area contributed by atoms with E-state index in [2.05, 4.69) is 15.5 Å². The van der Waals surface area contributed by atoms with Crippen LogP contribution in [0.1, 0.15) is 10.4 Å². The van der Waals surface area contributed by atoms with Crippen molar-refractivity contribution in [1.82, 2.24) is 10.2 Å². The highest BCUT2D eigenvalue weighted by atomic mass is 32.2. The monoisotopic (exact) mass is 268 g/mol. The summed E-state index contributed by atoms with van der Waals surface area (Å²) in [6, 6.07) is 2.89. The van der Waals surface area contributed by atoms with E-state index in [1.54, 1.807) is 0 Å². The van der Waals surface area contributed by atoms with Crippen LogP contribution in [0.15, 0.2) is 28.9 Å². The highest BCUT2D eigenvalue weighted by molar-refractivity contribution is 8.00. The maximum atomic E-state index is 11.7. The van der Waals surface area contributed by atoms with Crippen LogP contribution in [-0.2, 0) is 0 Å². The van der Waals surface area contributed by atoms with Gasteiger partial charge in [-0.25, -0.2) is 0 Å². The van der Waals surface area contributed by atoms with Crippen LogP contribution in [0.5, 0.6) is 0 Å². The average molecular weight is 268 g/mol. The molecule has 2 rings (SSSR count). The van der Waals surface area contributed by atoms with Crippen LogP contribution in [0.4, 0.5) is 5.13 Å². The van der Waals surface area contributed by atoms with Crippen LogP contribution < -0.4 is 10.0 Å². The summed E-state index contributed by atoms with van der Waals surface area (Å²) in [7, 11) is 0. The second kappa shape index (κ2) is 5.11. The SMILES string of the molecule is CSc1nnc(NC(=O)c2cc[n+]([O-])cc2)s1. The molecule has 0 aliphatic rings. The second-order valence-electron chi connectivity index (χ2n) is 2.98. The first kappa shape index (κ1) is 11.8. The van der Waals surface area contributed by atoms with Gasteiger partial charge in [0.25, 0.3) is 5.91 Å². The number of thioether (sulfide) groups is 1. The van der Waals surface area contributed by atoms with Crippen molar-refractivity contribution in [2.24, 2.45) is 0 Å². The van der Waals surface area contributed by atoms with Gasteiger partial charge < -0.3 is 5.21 Å². The van der Waals surface area contributed by atoms with Crippen molar-refractivity contribution in [2.45, 2.75) is 4.34 Å². The van der Waals surface area contributed by atoms with Gasteiger partial charge in [0.05, 0.1) is 5.56 Å². The highest BCUT2D eigenvalue weighted by Gasteiger charge is 2.10. The van der Waals surface area contributed by atoms with Gasteiger partial charge in [0, 0.05) is 12.1 Å². The minimum Gasteiger partial charge on any atom is -0.619 e. The van der Waals surface area contributed by atoms with E-state index in [4.69, 9.17) is 0 Å². The predicted octanol–water partition coefficient (Wildman–Crippen LogP) is 1.15. The van der Waals surface area contributed by atoms with Gasteiger partial charge in [0.2, 0.25) is 5.13 Å². The molecule has 0 saturated carbocycles. The molecule has 0 radical (unpaired) electrons. The molecule has 0 bridgehead atoms. The molecule has 2 heterocycles. The van der Waals surface area contributed by atoms with Crippen LogP contribution in [-0.4, -0.2) is 22.4 Å².